The van der Waals surface area contributed by atoms with Crippen molar-refractivity contribution in [3.05, 3.63) is 259 Å². The Balaban J connectivity index is 0.000000195. The van der Waals surface area contributed by atoms with Gasteiger partial charge in [-0.05, 0) is 237 Å². The first-order valence-corrected chi connectivity index (χ1v) is 29.3. The highest BCUT2D eigenvalue weighted by Crippen LogP contribution is 2.30. The van der Waals surface area contributed by atoms with E-state index in [0.29, 0.717) is 39.8 Å². The number of ether oxygens (including phenoxy) is 2. The molecular formula is C71H66F6N10O12. The van der Waals surface area contributed by atoms with Crippen molar-refractivity contribution in [2.75, 3.05) is 60.3 Å². The summed E-state index contributed by atoms with van der Waals surface area (Å²) >= 11 is 0. The fourth-order valence-electron chi connectivity index (χ4n) is 7.81. The van der Waals surface area contributed by atoms with Gasteiger partial charge in [-0.15, -0.1) is 13.2 Å². The third-order valence-electron chi connectivity index (χ3n) is 12.7. The Kier molecular flexibility index (Phi) is 27.9. The number of alkyl halides is 6. The van der Waals surface area contributed by atoms with Crippen LogP contribution in [0.25, 0.3) is 0 Å². The van der Waals surface area contributed by atoms with Crippen molar-refractivity contribution in [3.8, 4) is 40.2 Å². The standard InChI is InChI=1S/C15H16N2O2.C14H11F3N2O3.C14H11F3N2O2.C14H14N2O3.C14H14N2O2/c1-2-11-3-5-12(6-4-11)16-15(19)17-13-7-9-14(18)10-8-13;15-14(16,17)22-12-7-3-10(4-8-12)19-13(21)18-9-1-5-11(20)6-2-9;15-14(16,17)9-1-3-10(4-2-9)18-13(21)19-11-5-7-12(20)8-6-11;1-19-13-8-4-11(5-9-13)16-14(18)15-10-2-6-12(17)7-3-10;1-10-2-4-11(5-3-10)15-14(18)16-12-6-8-13(17)9-7-12/h3-10,18H,2H2,1H3,(H2,16,17,19);1-8,20H,(H2,18,19,21);1-8,20H,(H2,18,19,21);2-9,17H,1H3,(H2,15,16,18);2-9,17H,1H3,(H2,15,16,18). The molecular weight excluding hydrogens is 1300 g/mol. The van der Waals surface area contributed by atoms with Crippen molar-refractivity contribution >= 4 is 87.0 Å². The number of rotatable bonds is 13. The molecule has 10 aromatic rings. The Morgan fingerprint density at radius 3 is 0.727 bits per heavy atom. The monoisotopic (exact) mass is 1360 g/mol. The number of methoxy groups -OCH3 is 1. The maximum Gasteiger partial charge on any atom is 0.573 e. The number of hydrogen-bond donors (Lipinski definition) is 15. The Bertz CT molecular complexity index is 4010. The highest BCUT2D eigenvalue weighted by Gasteiger charge is 2.31. The van der Waals surface area contributed by atoms with Crippen molar-refractivity contribution in [1.29, 1.82) is 0 Å². The van der Waals surface area contributed by atoms with E-state index >= 15 is 0 Å². The third-order valence-corrected chi connectivity index (χ3v) is 12.7. The first kappa shape index (κ1) is 74.8. The fourth-order valence-corrected chi connectivity index (χ4v) is 7.81. The molecule has 0 fully saturated rings. The van der Waals surface area contributed by atoms with Crippen LogP contribution in [0.3, 0.4) is 0 Å². The lowest BCUT2D eigenvalue weighted by Crippen LogP contribution is -2.19. The number of carbonyl (C=O) groups excluding carboxylic acids is 5. The Labute approximate surface area is 562 Å². The highest BCUT2D eigenvalue weighted by molar-refractivity contribution is 6.02. The predicted molar refractivity (Wildman–Crippen MR) is 368 cm³/mol. The van der Waals surface area contributed by atoms with E-state index < -0.39 is 30.2 Å². The predicted octanol–water partition coefficient (Wildman–Crippen LogP) is 18.0. The van der Waals surface area contributed by atoms with Crippen LogP contribution in [0.5, 0.6) is 40.2 Å². The van der Waals surface area contributed by atoms with Gasteiger partial charge in [0.25, 0.3) is 0 Å². The van der Waals surface area contributed by atoms with Gasteiger partial charge in [-0.1, -0.05) is 36.8 Å². The fraction of sp³-hybridized carbons (Fsp3) is 0.0845. The second-order valence-corrected chi connectivity index (χ2v) is 20.4. The number of nitrogens with one attached hydrogen (secondary N) is 10. The maximum absolute atomic E-state index is 12.4. The molecule has 22 nitrogen and oxygen atoms in total. The van der Waals surface area contributed by atoms with Gasteiger partial charge >= 0.3 is 42.7 Å². The highest BCUT2D eigenvalue weighted by atomic mass is 19.4. The summed E-state index contributed by atoms with van der Waals surface area (Å²) in [6, 6.07) is 59.3. The lowest BCUT2D eigenvalue weighted by molar-refractivity contribution is -0.274. The van der Waals surface area contributed by atoms with Crippen LogP contribution in [-0.4, -0.2) is 69.2 Å². The van der Waals surface area contributed by atoms with E-state index in [1.54, 1.807) is 67.8 Å². The summed E-state index contributed by atoms with van der Waals surface area (Å²) < 4.78 is 81.9. The summed E-state index contributed by atoms with van der Waals surface area (Å²) in [5.41, 5.74) is 7.00. The van der Waals surface area contributed by atoms with E-state index in [0.717, 1.165) is 53.4 Å². The van der Waals surface area contributed by atoms with E-state index in [-0.39, 0.29) is 58.3 Å². The van der Waals surface area contributed by atoms with Gasteiger partial charge in [-0.25, -0.2) is 24.0 Å². The summed E-state index contributed by atoms with van der Waals surface area (Å²) in [6.45, 7) is 4.07. The average molecular weight is 1370 g/mol. The Hall–Kier alpha value is -13.3. The lowest BCUT2D eigenvalue weighted by atomic mass is 10.1. The molecule has 10 rings (SSSR count). The number of phenolic OH excluding ortho intramolecular Hbond substituents is 5. The zero-order chi connectivity index (χ0) is 71.9. The quantitative estimate of drug-likeness (QED) is 0.0378. The minimum atomic E-state index is -4.76. The number of phenols is 5. The van der Waals surface area contributed by atoms with E-state index in [1.165, 1.54) is 115 Å². The van der Waals surface area contributed by atoms with Crippen LogP contribution in [-0.2, 0) is 12.6 Å². The molecule has 99 heavy (non-hydrogen) atoms. The zero-order valence-electron chi connectivity index (χ0n) is 52.7. The van der Waals surface area contributed by atoms with Crippen molar-refractivity contribution in [3.63, 3.8) is 0 Å². The van der Waals surface area contributed by atoms with Gasteiger partial charge in [0.05, 0.1) is 12.7 Å². The molecule has 10 amide bonds. The van der Waals surface area contributed by atoms with E-state index in [1.807, 2.05) is 55.5 Å². The molecule has 0 unspecified atom stereocenters. The number of halogens is 6. The number of carbonyl (C=O) groups is 5. The Morgan fingerprint density at radius 1 is 0.313 bits per heavy atom. The molecule has 10 aromatic carbocycles. The SMILES string of the molecule is CCc1ccc(NC(=O)Nc2ccc(O)cc2)cc1.COc1ccc(NC(=O)Nc2ccc(O)cc2)cc1.Cc1ccc(NC(=O)Nc2ccc(O)cc2)cc1.O=C(Nc1ccc(O)cc1)Nc1ccc(C(F)(F)F)cc1.O=C(Nc1ccc(O)cc1)Nc1ccc(OC(F)(F)F)cc1. The number of benzene rings is 10. The van der Waals surface area contributed by atoms with Crippen LogP contribution in [0, 0.1) is 6.92 Å². The minimum Gasteiger partial charge on any atom is -0.508 e. The van der Waals surface area contributed by atoms with Crippen molar-refractivity contribution < 1.29 is 85.3 Å². The molecule has 0 aliphatic heterocycles. The molecule has 0 spiro atoms. The number of aryl methyl sites for hydroxylation is 2. The van der Waals surface area contributed by atoms with E-state index in [2.05, 4.69) is 64.8 Å². The average Bonchev–Trinajstić information content (AvgIpc) is 0.925. The van der Waals surface area contributed by atoms with Crippen LogP contribution in [0.1, 0.15) is 23.6 Å². The molecule has 0 atom stereocenters. The van der Waals surface area contributed by atoms with Gasteiger partial charge in [0.1, 0.15) is 40.2 Å². The minimum absolute atomic E-state index is 0.0590. The van der Waals surface area contributed by atoms with Crippen LogP contribution in [0.4, 0.5) is 107 Å². The van der Waals surface area contributed by atoms with Gasteiger partial charge in [0.2, 0.25) is 0 Å². The topological polar surface area (TPSA) is 325 Å². The van der Waals surface area contributed by atoms with Crippen molar-refractivity contribution in [2.24, 2.45) is 0 Å². The number of urea groups is 5. The molecule has 0 saturated carbocycles. The molecule has 0 bridgehead atoms. The molecule has 0 saturated heterocycles. The first-order valence-electron chi connectivity index (χ1n) is 29.3. The van der Waals surface area contributed by atoms with Gasteiger partial charge in [-0.2, -0.15) is 13.2 Å². The summed E-state index contributed by atoms with van der Waals surface area (Å²) in [6.07, 6.45) is -8.20. The van der Waals surface area contributed by atoms with Crippen molar-refractivity contribution in [1.82, 2.24) is 0 Å². The number of amides is 10. The molecule has 0 heterocycles. The van der Waals surface area contributed by atoms with Crippen LogP contribution < -0.4 is 62.6 Å². The van der Waals surface area contributed by atoms with Crippen LogP contribution >= 0.6 is 0 Å². The lowest BCUT2D eigenvalue weighted by Gasteiger charge is -2.10. The molecule has 0 aromatic heterocycles. The number of anilines is 10. The summed E-state index contributed by atoms with van der Waals surface area (Å²) in [4.78, 5) is 58.4. The normalized spacial score (nSPS) is 10.3. The molecule has 15 N–H and O–H groups in total. The summed E-state index contributed by atoms with van der Waals surface area (Å²) in [5.74, 6) is 0.957. The smallest absolute Gasteiger partial charge is 0.508 e. The molecule has 0 aliphatic carbocycles. The molecule has 514 valence electrons. The zero-order valence-corrected chi connectivity index (χ0v) is 52.7. The van der Waals surface area contributed by atoms with E-state index in [4.69, 9.17) is 30.3 Å². The molecule has 0 radical (unpaired) electrons. The summed E-state index contributed by atoms with van der Waals surface area (Å²) in [7, 11) is 1.58. The third kappa shape index (κ3) is 28.9. The van der Waals surface area contributed by atoms with Crippen LogP contribution in [0.15, 0.2) is 243 Å². The maximum atomic E-state index is 12.4. The molecule has 0 aliphatic rings. The Morgan fingerprint density at radius 2 is 0.515 bits per heavy atom. The number of hydrogen-bond acceptors (Lipinski definition) is 12. The van der Waals surface area contributed by atoms with Crippen molar-refractivity contribution in [2.45, 2.75) is 32.8 Å². The first-order chi connectivity index (χ1) is 47.1. The van der Waals surface area contributed by atoms with Crippen LogP contribution in [0.2, 0.25) is 0 Å². The second kappa shape index (κ2) is 37.0. The molecule has 28 heteroatoms. The second-order valence-electron chi connectivity index (χ2n) is 20.4. The van der Waals surface area contributed by atoms with E-state index in [9.17, 15) is 50.3 Å². The van der Waals surface area contributed by atoms with Gasteiger partial charge < -0.3 is 88.2 Å². The largest absolute Gasteiger partial charge is 0.573 e. The number of aromatic hydroxyl groups is 5. The summed E-state index contributed by atoms with van der Waals surface area (Å²) in [5, 5.41) is 71.6. The van der Waals surface area contributed by atoms with Gasteiger partial charge in [0.15, 0.2) is 0 Å². The van der Waals surface area contributed by atoms with Gasteiger partial charge in [-0.3, -0.25) is 0 Å². The van der Waals surface area contributed by atoms with Gasteiger partial charge in [0, 0.05) is 56.9 Å².